The largest absolute Gasteiger partial charge is 0.261 e. The van der Waals surface area contributed by atoms with Gasteiger partial charge in [0.25, 0.3) is 9.05 Å². The maximum atomic E-state index is 11.1. The SMILES string of the molecule is Cc1c(I)cc(Br)cc1S(=O)(=O)Cl. The van der Waals surface area contributed by atoms with Gasteiger partial charge in [-0.05, 0) is 47.2 Å². The summed E-state index contributed by atoms with van der Waals surface area (Å²) in [6.07, 6.45) is 0. The zero-order chi connectivity index (χ0) is 10.2. The highest BCUT2D eigenvalue weighted by molar-refractivity contribution is 14.1. The Morgan fingerprint density at radius 1 is 1.46 bits per heavy atom. The van der Waals surface area contributed by atoms with Crippen LogP contribution in [-0.4, -0.2) is 8.42 Å². The summed E-state index contributed by atoms with van der Waals surface area (Å²) in [5.74, 6) is 0. The fourth-order valence-corrected chi connectivity index (χ4v) is 3.95. The minimum Gasteiger partial charge on any atom is -0.207 e. The normalized spacial score (nSPS) is 11.7. The molecule has 0 fully saturated rings. The van der Waals surface area contributed by atoms with Crippen molar-refractivity contribution >= 4 is 58.3 Å². The van der Waals surface area contributed by atoms with Gasteiger partial charge in [0.05, 0.1) is 4.90 Å². The molecule has 0 aromatic heterocycles. The van der Waals surface area contributed by atoms with Gasteiger partial charge in [0.2, 0.25) is 0 Å². The highest BCUT2D eigenvalue weighted by atomic mass is 127. The lowest BCUT2D eigenvalue weighted by molar-refractivity contribution is 0.609. The molecular weight excluding hydrogens is 390 g/mol. The summed E-state index contributed by atoms with van der Waals surface area (Å²) in [5, 5.41) is 0. The number of rotatable bonds is 1. The lowest BCUT2D eigenvalue weighted by atomic mass is 10.2. The van der Waals surface area contributed by atoms with Crippen LogP contribution in [0.2, 0.25) is 0 Å². The summed E-state index contributed by atoms with van der Waals surface area (Å²) in [6.45, 7) is 1.73. The Morgan fingerprint density at radius 3 is 2.46 bits per heavy atom. The third-order valence-electron chi connectivity index (χ3n) is 1.52. The summed E-state index contributed by atoms with van der Waals surface area (Å²) in [6, 6.07) is 3.33. The van der Waals surface area contributed by atoms with Gasteiger partial charge in [-0.2, -0.15) is 0 Å². The molecule has 0 aliphatic rings. The molecule has 0 heterocycles. The van der Waals surface area contributed by atoms with E-state index in [1.54, 1.807) is 6.92 Å². The molecule has 0 N–H and O–H groups in total. The van der Waals surface area contributed by atoms with E-state index in [0.717, 1.165) is 3.57 Å². The first kappa shape index (κ1) is 11.7. The summed E-state index contributed by atoms with van der Waals surface area (Å²) in [5.41, 5.74) is 0.679. The molecule has 1 aromatic rings. The maximum absolute atomic E-state index is 11.1. The van der Waals surface area contributed by atoms with Crippen LogP contribution in [0, 0.1) is 10.5 Å². The maximum Gasteiger partial charge on any atom is 0.261 e. The van der Waals surface area contributed by atoms with Crippen LogP contribution >= 0.6 is 49.2 Å². The number of hydrogen-bond acceptors (Lipinski definition) is 2. The van der Waals surface area contributed by atoms with E-state index < -0.39 is 9.05 Å². The van der Waals surface area contributed by atoms with E-state index >= 15 is 0 Å². The Morgan fingerprint density at radius 2 is 2.00 bits per heavy atom. The summed E-state index contributed by atoms with van der Waals surface area (Å²) >= 11 is 5.27. The average Bonchev–Trinajstić information content (AvgIpc) is 1.94. The Hall–Kier alpha value is 0.670. The van der Waals surface area contributed by atoms with Gasteiger partial charge in [0.15, 0.2) is 0 Å². The first-order valence-electron chi connectivity index (χ1n) is 3.22. The van der Waals surface area contributed by atoms with Crippen LogP contribution in [-0.2, 0) is 9.05 Å². The van der Waals surface area contributed by atoms with Crippen LogP contribution in [0.3, 0.4) is 0 Å². The summed E-state index contributed by atoms with van der Waals surface area (Å²) in [7, 11) is 1.61. The first-order valence-corrected chi connectivity index (χ1v) is 7.41. The topological polar surface area (TPSA) is 34.1 Å². The van der Waals surface area contributed by atoms with Crippen molar-refractivity contribution in [2.75, 3.05) is 0 Å². The second kappa shape index (κ2) is 4.04. The van der Waals surface area contributed by atoms with Gasteiger partial charge in [0, 0.05) is 18.7 Å². The van der Waals surface area contributed by atoms with Crippen molar-refractivity contribution in [1.29, 1.82) is 0 Å². The molecule has 72 valence electrons. The number of halogens is 3. The second-order valence-corrected chi connectivity index (χ2v) is 7.06. The molecule has 0 aliphatic heterocycles. The highest BCUT2D eigenvalue weighted by Gasteiger charge is 2.15. The Bertz CT molecular complexity index is 444. The molecule has 0 bridgehead atoms. The van der Waals surface area contributed by atoms with E-state index in [2.05, 4.69) is 38.5 Å². The van der Waals surface area contributed by atoms with Gasteiger partial charge in [-0.3, -0.25) is 0 Å². The minimum atomic E-state index is -3.64. The van der Waals surface area contributed by atoms with E-state index in [1.807, 2.05) is 6.07 Å². The zero-order valence-corrected chi connectivity index (χ0v) is 11.8. The van der Waals surface area contributed by atoms with Crippen molar-refractivity contribution in [3.8, 4) is 0 Å². The van der Waals surface area contributed by atoms with Gasteiger partial charge >= 0.3 is 0 Å². The Balaban J connectivity index is 3.56. The van der Waals surface area contributed by atoms with Crippen LogP contribution in [0.15, 0.2) is 21.5 Å². The zero-order valence-electron chi connectivity index (χ0n) is 6.51. The Kier molecular flexibility index (Phi) is 3.65. The van der Waals surface area contributed by atoms with Gasteiger partial charge in [0.1, 0.15) is 0 Å². The molecule has 1 rings (SSSR count). The molecule has 0 aliphatic carbocycles. The van der Waals surface area contributed by atoms with Crippen LogP contribution < -0.4 is 0 Å². The molecule has 13 heavy (non-hydrogen) atoms. The molecule has 0 atom stereocenters. The van der Waals surface area contributed by atoms with E-state index in [4.69, 9.17) is 10.7 Å². The smallest absolute Gasteiger partial charge is 0.207 e. The average molecular weight is 395 g/mol. The lowest BCUT2D eigenvalue weighted by Crippen LogP contribution is -1.96. The van der Waals surface area contributed by atoms with Crippen molar-refractivity contribution in [3.05, 3.63) is 25.7 Å². The van der Waals surface area contributed by atoms with Gasteiger partial charge in [-0.15, -0.1) is 0 Å². The molecule has 0 amide bonds. The minimum absolute atomic E-state index is 0.160. The fourth-order valence-electron chi connectivity index (χ4n) is 0.875. The van der Waals surface area contributed by atoms with Crippen molar-refractivity contribution in [2.24, 2.45) is 0 Å². The standard InChI is InChI=1S/C7H5BrClIO2S/c1-4-6(10)2-5(8)3-7(4)13(9,11)12/h2-3H,1H3. The van der Waals surface area contributed by atoms with E-state index in [9.17, 15) is 8.42 Å². The fraction of sp³-hybridized carbons (Fsp3) is 0.143. The van der Waals surface area contributed by atoms with Gasteiger partial charge < -0.3 is 0 Å². The predicted molar refractivity (Wildman–Crippen MR) is 64.6 cm³/mol. The lowest BCUT2D eigenvalue weighted by Gasteiger charge is -2.04. The monoisotopic (exact) mass is 394 g/mol. The summed E-state index contributed by atoms with van der Waals surface area (Å²) < 4.78 is 23.8. The van der Waals surface area contributed by atoms with E-state index in [1.165, 1.54) is 6.07 Å². The number of benzene rings is 1. The van der Waals surface area contributed by atoms with Gasteiger partial charge in [-0.1, -0.05) is 15.9 Å². The van der Waals surface area contributed by atoms with Gasteiger partial charge in [-0.25, -0.2) is 8.42 Å². The quantitative estimate of drug-likeness (QED) is 0.540. The summed E-state index contributed by atoms with van der Waals surface area (Å²) in [4.78, 5) is 0.160. The molecule has 0 saturated carbocycles. The Labute approximate surface area is 103 Å². The van der Waals surface area contributed by atoms with Crippen LogP contribution in [0.5, 0.6) is 0 Å². The first-order chi connectivity index (χ1) is 5.82. The molecule has 0 spiro atoms. The van der Waals surface area contributed by atoms with Crippen molar-refractivity contribution in [2.45, 2.75) is 11.8 Å². The molecule has 6 heteroatoms. The van der Waals surface area contributed by atoms with E-state index in [0.29, 0.717) is 10.0 Å². The molecule has 0 saturated heterocycles. The predicted octanol–water partition coefficient (Wildman–Crippen LogP) is 3.29. The van der Waals surface area contributed by atoms with Crippen molar-refractivity contribution in [1.82, 2.24) is 0 Å². The number of hydrogen-bond donors (Lipinski definition) is 0. The van der Waals surface area contributed by atoms with Crippen LogP contribution in [0.4, 0.5) is 0 Å². The third kappa shape index (κ3) is 2.81. The second-order valence-electron chi connectivity index (χ2n) is 2.45. The van der Waals surface area contributed by atoms with E-state index in [-0.39, 0.29) is 4.90 Å². The third-order valence-corrected chi connectivity index (χ3v) is 4.55. The highest BCUT2D eigenvalue weighted by Crippen LogP contribution is 2.27. The molecule has 0 radical (unpaired) electrons. The van der Waals surface area contributed by atoms with Crippen LogP contribution in [0.25, 0.3) is 0 Å². The molecular formula is C7H5BrClIO2S. The van der Waals surface area contributed by atoms with Crippen molar-refractivity contribution in [3.63, 3.8) is 0 Å². The molecule has 1 aromatic carbocycles. The van der Waals surface area contributed by atoms with Crippen LogP contribution in [0.1, 0.15) is 5.56 Å². The molecule has 2 nitrogen and oxygen atoms in total. The van der Waals surface area contributed by atoms with Crippen molar-refractivity contribution < 1.29 is 8.42 Å². The molecule has 0 unspecified atom stereocenters.